The third-order valence-corrected chi connectivity index (χ3v) is 10.5. The Hall–Kier alpha value is -3.74. The molecule has 46 heavy (non-hydrogen) atoms. The van der Waals surface area contributed by atoms with E-state index in [1.807, 2.05) is 24.3 Å². The number of hydrogen-bond acceptors (Lipinski definition) is 9. The molecule has 2 unspecified atom stereocenters. The zero-order valence-electron chi connectivity index (χ0n) is 26.5. The zero-order chi connectivity index (χ0) is 32.9. The van der Waals surface area contributed by atoms with Gasteiger partial charge in [-0.3, -0.25) is 9.78 Å². The van der Waals surface area contributed by atoms with Gasteiger partial charge in [0.1, 0.15) is 24.9 Å². The van der Waals surface area contributed by atoms with Crippen LogP contribution < -0.4 is 5.32 Å². The number of amides is 1. The van der Waals surface area contributed by atoms with Crippen molar-refractivity contribution in [2.45, 2.75) is 80.6 Å². The van der Waals surface area contributed by atoms with Crippen molar-refractivity contribution in [3.63, 3.8) is 0 Å². The molecule has 3 heterocycles. The number of aliphatic hydroxyl groups is 1. The van der Waals surface area contributed by atoms with Gasteiger partial charge < -0.3 is 29.6 Å². The average Bonchev–Trinajstić information content (AvgIpc) is 3.79. The molecule has 12 heteroatoms. The van der Waals surface area contributed by atoms with Crippen LogP contribution in [-0.2, 0) is 28.8 Å². The van der Waals surface area contributed by atoms with E-state index in [1.54, 1.807) is 45.0 Å². The van der Waals surface area contributed by atoms with Gasteiger partial charge in [-0.25, -0.2) is 13.2 Å². The van der Waals surface area contributed by atoms with E-state index in [2.05, 4.69) is 15.3 Å². The second-order valence-electron chi connectivity index (χ2n) is 13.0. The first-order valence-electron chi connectivity index (χ1n) is 15.8. The van der Waals surface area contributed by atoms with Crippen LogP contribution >= 0.6 is 0 Å². The highest BCUT2D eigenvalue weighted by atomic mass is 32.2. The van der Waals surface area contributed by atoms with Gasteiger partial charge in [0.25, 0.3) is 0 Å². The number of alkyl carbamates (subject to hydrolysis) is 1. The summed E-state index contributed by atoms with van der Waals surface area (Å²) in [5, 5.41) is 12.6. The summed E-state index contributed by atoms with van der Waals surface area (Å²) in [5.74, 6) is -0.181. The number of H-pyrrole nitrogens is 1. The maximum Gasteiger partial charge on any atom is 0.408 e. The van der Waals surface area contributed by atoms with Gasteiger partial charge >= 0.3 is 12.1 Å². The number of benzene rings is 1. The fourth-order valence-corrected chi connectivity index (χ4v) is 7.18. The van der Waals surface area contributed by atoms with Gasteiger partial charge in [-0.2, -0.15) is 0 Å². The predicted octanol–water partition coefficient (Wildman–Crippen LogP) is 5.06. The summed E-state index contributed by atoms with van der Waals surface area (Å²) in [6.45, 7) is 5.96. The smallest absolute Gasteiger partial charge is 0.408 e. The molecule has 2 atom stereocenters. The maximum absolute atomic E-state index is 12.8. The quantitative estimate of drug-likeness (QED) is 0.227. The highest BCUT2D eigenvalue weighted by Gasteiger charge is 2.37. The van der Waals surface area contributed by atoms with Crippen molar-refractivity contribution < 1.29 is 37.3 Å². The number of nitrogens with one attached hydrogen (secondary N) is 2. The normalized spacial score (nSPS) is 17.2. The number of carbonyl (C=O) groups excluding carboxylic acids is 2. The first-order chi connectivity index (χ1) is 21.9. The first kappa shape index (κ1) is 33.6. The second kappa shape index (κ2) is 14.4. The molecule has 0 radical (unpaired) electrons. The molecule has 2 aliphatic rings. The summed E-state index contributed by atoms with van der Waals surface area (Å²) in [7, 11) is -3.26. The lowest BCUT2D eigenvalue weighted by Crippen LogP contribution is -2.36. The minimum atomic E-state index is -3.26. The van der Waals surface area contributed by atoms with Crippen molar-refractivity contribution in [2.75, 3.05) is 26.4 Å². The molecule has 2 fully saturated rings. The molecular weight excluding hydrogens is 610 g/mol. The molecule has 1 aliphatic carbocycles. The molecule has 1 aromatic carbocycles. The number of aliphatic hydroxyl groups excluding tert-OH is 1. The third kappa shape index (κ3) is 8.95. The Bertz CT molecular complexity index is 1590. The van der Waals surface area contributed by atoms with E-state index in [0.29, 0.717) is 22.1 Å². The van der Waals surface area contributed by atoms with Gasteiger partial charge in [0.05, 0.1) is 21.5 Å². The van der Waals surface area contributed by atoms with Crippen LogP contribution in [0.25, 0.3) is 11.4 Å². The number of rotatable bonds is 12. The fraction of sp³-hybridized carbons (Fsp3) is 0.500. The largest absolute Gasteiger partial charge is 0.461 e. The van der Waals surface area contributed by atoms with E-state index in [-0.39, 0.29) is 24.3 Å². The summed E-state index contributed by atoms with van der Waals surface area (Å²) in [4.78, 5) is 32.2. The number of esters is 1. The lowest BCUT2D eigenvalue weighted by molar-refractivity contribution is -0.145. The number of carbonyl (C=O) groups is 2. The predicted molar refractivity (Wildman–Crippen MR) is 171 cm³/mol. The van der Waals surface area contributed by atoms with Crippen LogP contribution in [0.4, 0.5) is 4.79 Å². The molecule has 0 bridgehead atoms. The second-order valence-corrected chi connectivity index (χ2v) is 15.2. The van der Waals surface area contributed by atoms with E-state index in [9.17, 15) is 23.1 Å². The lowest BCUT2D eigenvalue weighted by atomic mass is 9.83. The molecule has 1 saturated carbocycles. The molecule has 0 spiro atoms. The van der Waals surface area contributed by atoms with Crippen LogP contribution in [-0.4, -0.2) is 72.8 Å². The number of sulfone groups is 1. The van der Waals surface area contributed by atoms with Crippen LogP contribution in [0.1, 0.15) is 81.7 Å². The molecule has 5 rings (SSSR count). The van der Waals surface area contributed by atoms with Crippen LogP contribution in [0.2, 0.25) is 0 Å². The molecule has 11 nitrogen and oxygen atoms in total. The molecule has 1 aliphatic heterocycles. The fourth-order valence-electron chi connectivity index (χ4n) is 5.52. The molecule has 248 valence electrons. The Kier molecular flexibility index (Phi) is 10.5. The van der Waals surface area contributed by atoms with Gasteiger partial charge in [0, 0.05) is 36.6 Å². The van der Waals surface area contributed by atoms with Crippen molar-refractivity contribution in [3.8, 4) is 11.4 Å². The standard InChI is InChI=1S/C34H43N3O8S/c1-34(2,3)45-33(40)36-20-32(39)44-21-31(38)24-6-11-29(35-19-24)30-13-12-28(37-30)27(18-22-14-16-43-17-15-22)23-4-7-25(8-5-23)46(41,42)26-9-10-26/h4-8,11-13,19,22,26-27,31,37-38H,9-10,14-18,20-21H2,1-3H3,(H,36,40). The lowest BCUT2D eigenvalue weighted by Gasteiger charge is -2.27. The number of hydrogen-bond donors (Lipinski definition) is 3. The highest BCUT2D eigenvalue weighted by Crippen LogP contribution is 2.37. The van der Waals surface area contributed by atoms with Gasteiger partial charge in [0.2, 0.25) is 0 Å². The van der Waals surface area contributed by atoms with Gasteiger partial charge in [0.15, 0.2) is 9.84 Å². The Labute approximate surface area is 270 Å². The summed E-state index contributed by atoms with van der Waals surface area (Å²) in [6.07, 6.45) is 4.05. The van der Waals surface area contributed by atoms with E-state index < -0.39 is 33.6 Å². The molecule has 1 saturated heterocycles. The summed E-state index contributed by atoms with van der Waals surface area (Å²) < 4.78 is 41.3. The van der Waals surface area contributed by atoms with Gasteiger partial charge in [-0.05, 0) is 94.7 Å². The molecule has 3 aromatic rings. The van der Waals surface area contributed by atoms with E-state index in [0.717, 1.165) is 62.3 Å². The number of aromatic amines is 1. The summed E-state index contributed by atoms with van der Waals surface area (Å²) >= 11 is 0. The molecule has 2 aromatic heterocycles. The average molecular weight is 654 g/mol. The number of aromatic nitrogens is 2. The van der Waals surface area contributed by atoms with Crippen molar-refractivity contribution in [1.82, 2.24) is 15.3 Å². The van der Waals surface area contributed by atoms with Crippen LogP contribution in [0, 0.1) is 5.92 Å². The molecular formula is C34H43N3O8S. The van der Waals surface area contributed by atoms with Crippen LogP contribution in [0.15, 0.2) is 59.6 Å². The minimum Gasteiger partial charge on any atom is -0.461 e. The van der Waals surface area contributed by atoms with Crippen molar-refractivity contribution in [3.05, 3.63) is 71.5 Å². The molecule has 3 N–H and O–H groups in total. The SMILES string of the molecule is CC(C)(C)OC(=O)NCC(=O)OCC(O)c1ccc(-c2ccc(C(CC3CCOCC3)c3ccc(S(=O)(=O)C4CC4)cc3)[nH]2)nc1. The summed E-state index contributed by atoms with van der Waals surface area (Å²) in [6, 6.07) is 14.9. The van der Waals surface area contributed by atoms with E-state index in [4.69, 9.17) is 14.2 Å². The number of nitrogens with zero attached hydrogens (tertiary/aromatic N) is 1. The number of ether oxygens (including phenoxy) is 3. The van der Waals surface area contributed by atoms with Crippen LogP contribution in [0.3, 0.4) is 0 Å². The Morgan fingerprint density at radius 3 is 2.35 bits per heavy atom. The van der Waals surface area contributed by atoms with Crippen LogP contribution in [0.5, 0.6) is 0 Å². The Morgan fingerprint density at radius 2 is 1.72 bits per heavy atom. The zero-order valence-corrected chi connectivity index (χ0v) is 27.3. The Morgan fingerprint density at radius 1 is 1.02 bits per heavy atom. The monoisotopic (exact) mass is 653 g/mol. The minimum absolute atomic E-state index is 0.0371. The van der Waals surface area contributed by atoms with Crippen molar-refractivity contribution >= 4 is 21.9 Å². The maximum atomic E-state index is 12.8. The Balaban J connectivity index is 1.23. The molecule has 1 amide bonds. The topological polar surface area (TPSA) is 157 Å². The first-order valence-corrected chi connectivity index (χ1v) is 17.3. The van der Waals surface area contributed by atoms with E-state index >= 15 is 0 Å². The van der Waals surface area contributed by atoms with Crippen molar-refractivity contribution in [2.24, 2.45) is 5.92 Å². The van der Waals surface area contributed by atoms with Gasteiger partial charge in [-0.15, -0.1) is 0 Å². The van der Waals surface area contributed by atoms with Crippen molar-refractivity contribution in [1.29, 1.82) is 0 Å². The number of pyridine rings is 1. The third-order valence-electron chi connectivity index (χ3n) is 8.19. The summed E-state index contributed by atoms with van der Waals surface area (Å²) in [5.41, 5.74) is 3.33. The highest BCUT2D eigenvalue weighted by molar-refractivity contribution is 7.92. The van der Waals surface area contributed by atoms with Gasteiger partial charge in [-0.1, -0.05) is 18.2 Å². The van der Waals surface area contributed by atoms with E-state index in [1.165, 1.54) is 6.20 Å².